The Morgan fingerprint density at radius 2 is 2.27 bits per heavy atom. The number of hydrogen-bond donors (Lipinski definition) is 2. The van der Waals surface area contributed by atoms with Crippen molar-refractivity contribution >= 4 is 10.9 Å². The normalized spacial score (nSPS) is 21.1. The molecule has 1 aliphatic heterocycles. The van der Waals surface area contributed by atoms with Gasteiger partial charge in [-0.15, -0.1) is 0 Å². The zero-order valence-electron chi connectivity index (χ0n) is 13.5. The number of aryl methyl sites for hydroxylation is 1. The molecular formula is C18H26N2O2. The number of rotatable bonds is 5. The van der Waals surface area contributed by atoms with E-state index in [1.807, 2.05) is 25.1 Å². The standard InChI is InChI=1S/C18H26N2O2/c1-13-10-16-17(19-13)7-5-8-18(16)22-12-15(21)11-20-9-4-3-6-14(20)2/h5,7-8,10,14-15,19,21H,3-4,6,9,11-12H2,1-2H3/t14-,15?/m0/s1. The number of benzene rings is 1. The fourth-order valence-electron chi connectivity index (χ4n) is 3.33. The smallest absolute Gasteiger partial charge is 0.128 e. The van der Waals surface area contributed by atoms with E-state index in [0.717, 1.165) is 28.9 Å². The van der Waals surface area contributed by atoms with Gasteiger partial charge in [0.15, 0.2) is 0 Å². The van der Waals surface area contributed by atoms with Crippen LogP contribution in [0.5, 0.6) is 5.75 Å². The third-order valence-electron chi connectivity index (χ3n) is 4.58. The number of nitrogens with zero attached hydrogens (tertiary/aromatic N) is 1. The molecule has 0 bridgehead atoms. The minimum atomic E-state index is -0.448. The molecule has 120 valence electrons. The van der Waals surface area contributed by atoms with Crippen molar-refractivity contribution in [2.45, 2.75) is 45.3 Å². The van der Waals surface area contributed by atoms with Crippen LogP contribution in [0.4, 0.5) is 0 Å². The molecule has 0 saturated carbocycles. The van der Waals surface area contributed by atoms with E-state index < -0.39 is 6.10 Å². The van der Waals surface area contributed by atoms with Crippen LogP contribution in [0.2, 0.25) is 0 Å². The fourth-order valence-corrected chi connectivity index (χ4v) is 3.33. The highest BCUT2D eigenvalue weighted by atomic mass is 16.5. The molecule has 1 saturated heterocycles. The summed E-state index contributed by atoms with van der Waals surface area (Å²) in [7, 11) is 0. The maximum atomic E-state index is 10.3. The van der Waals surface area contributed by atoms with Gasteiger partial charge in [-0.2, -0.15) is 0 Å². The second-order valence-corrected chi connectivity index (χ2v) is 6.47. The quantitative estimate of drug-likeness (QED) is 0.892. The van der Waals surface area contributed by atoms with Crippen LogP contribution in [0.25, 0.3) is 10.9 Å². The lowest BCUT2D eigenvalue weighted by atomic mass is 10.0. The number of H-pyrrole nitrogens is 1. The molecule has 1 aliphatic rings. The van der Waals surface area contributed by atoms with Gasteiger partial charge in [-0.1, -0.05) is 12.5 Å². The molecule has 1 aromatic heterocycles. The first kappa shape index (κ1) is 15.4. The molecule has 0 radical (unpaired) electrons. The number of aromatic nitrogens is 1. The fraction of sp³-hybridized carbons (Fsp3) is 0.556. The summed E-state index contributed by atoms with van der Waals surface area (Å²) in [6, 6.07) is 8.64. The first-order valence-electron chi connectivity index (χ1n) is 8.27. The third kappa shape index (κ3) is 3.45. The van der Waals surface area contributed by atoms with Crippen molar-refractivity contribution in [1.29, 1.82) is 0 Å². The predicted molar refractivity (Wildman–Crippen MR) is 89.4 cm³/mol. The summed E-state index contributed by atoms with van der Waals surface area (Å²) >= 11 is 0. The lowest BCUT2D eigenvalue weighted by Crippen LogP contribution is -2.43. The number of aromatic amines is 1. The summed E-state index contributed by atoms with van der Waals surface area (Å²) < 4.78 is 5.87. The van der Waals surface area contributed by atoms with E-state index >= 15 is 0 Å². The van der Waals surface area contributed by atoms with Crippen molar-refractivity contribution < 1.29 is 9.84 Å². The Hall–Kier alpha value is -1.52. The first-order chi connectivity index (χ1) is 10.6. The molecular weight excluding hydrogens is 276 g/mol. The average Bonchev–Trinajstić information content (AvgIpc) is 2.88. The summed E-state index contributed by atoms with van der Waals surface area (Å²) in [5, 5.41) is 11.4. The van der Waals surface area contributed by atoms with Crippen LogP contribution >= 0.6 is 0 Å². The van der Waals surface area contributed by atoms with Gasteiger partial charge in [0.05, 0.1) is 0 Å². The van der Waals surface area contributed by atoms with Crippen LogP contribution < -0.4 is 4.74 Å². The third-order valence-corrected chi connectivity index (χ3v) is 4.58. The molecule has 1 fully saturated rings. The first-order valence-corrected chi connectivity index (χ1v) is 8.27. The molecule has 4 heteroatoms. The number of aliphatic hydroxyl groups is 1. The number of β-amino-alcohol motifs (C(OH)–C–C–N with tert-alkyl or cyclic N) is 1. The van der Waals surface area contributed by atoms with Crippen molar-refractivity contribution in [1.82, 2.24) is 9.88 Å². The highest BCUT2D eigenvalue weighted by molar-refractivity contribution is 5.86. The van der Waals surface area contributed by atoms with Gasteiger partial charge in [0, 0.05) is 29.2 Å². The van der Waals surface area contributed by atoms with Gasteiger partial charge in [-0.3, -0.25) is 4.90 Å². The minimum Gasteiger partial charge on any atom is -0.490 e. The number of nitrogens with one attached hydrogen (secondary N) is 1. The Morgan fingerprint density at radius 3 is 3.09 bits per heavy atom. The van der Waals surface area contributed by atoms with Gasteiger partial charge in [0.2, 0.25) is 0 Å². The summed E-state index contributed by atoms with van der Waals surface area (Å²) in [6.45, 7) is 6.41. The molecule has 1 unspecified atom stereocenters. The Balaban J connectivity index is 1.59. The molecule has 3 rings (SSSR count). The van der Waals surface area contributed by atoms with E-state index in [0.29, 0.717) is 19.2 Å². The number of fused-ring (bicyclic) bond motifs is 1. The van der Waals surface area contributed by atoms with Crippen LogP contribution in [-0.2, 0) is 0 Å². The number of likely N-dealkylation sites (tertiary alicyclic amines) is 1. The summed E-state index contributed by atoms with van der Waals surface area (Å²) in [5.41, 5.74) is 2.20. The van der Waals surface area contributed by atoms with E-state index in [2.05, 4.69) is 22.9 Å². The average molecular weight is 302 g/mol. The molecule has 22 heavy (non-hydrogen) atoms. The number of ether oxygens (including phenoxy) is 1. The molecule has 2 aromatic rings. The summed E-state index contributed by atoms with van der Waals surface area (Å²) in [5.74, 6) is 0.840. The van der Waals surface area contributed by atoms with E-state index in [-0.39, 0.29) is 0 Å². The Kier molecular flexibility index (Phi) is 4.69. The molecule has 4 nitrogen and oxygen atoms in total. The topological polar surface area (TPSA) is 48.5 Å². The van der Waals surface area contributed by atoms with Gasteiger partial charge in [-0.05, 0) is 51.4 Å². The van der Waals surface area contributed by atoms with Crippen molar-refractivity contribution in [2.75, 3.05) is 19.7 Å². The number of aliphatic hydroxyl groups excluding tert-OH is 1. The minimum absolute atomic E-state index is 0.340. The van der Waals surface area contributed by atoms with Crippen molar-refractivity contribution in [3.8, 4) is 5.75 Å². The van der Waals surface area contributed by atoms with Crippen LogP contribution in [0.15, 0.2) is 24.3 Å². The van der Waals surface area contributed by atoms with Gasteiger partial charge in [-0.25, -0.2) is 0 Å². The van der Waals surface area contributed by atoms with E-state index in [4.69, 9.17) is 4.74 Å². The lowest BCUT2D eigenvalue weighted by Gasteiger charge is -2.34. The maximum absolute atomic E-state index is 10.3. The molecule has 2 atom stereocenters. The lowest BCUT2D eigenvalue weighted by molar-refractivity contribution is 0.0441. The van der Waals surface area contributed by atoms with E-state index in [1.165, 1.54) is 19.3 Å². The summed E-state index contributed by atoms with van der Waals surface area (Å²) in [6.07, 6.45) is 3.32. The van der Waals surface area contributed by atoms with Gasteiger partial charge in [0.25, 0.3) is 0 Å². The van der Waals surface area contributed by atoms with Gasteiger partial charge >= 0.3 is 0 Å². The highest BCUT2D eigenvalue weighted by Crippen LogP contribution is 2.26. The maximum Gasteiger partial charge on any atom is 0.128 e. The van der Waals surface area contributed by atoms with Gasteiger partial charge < -0.3 is 14.8 Å². The van der Waals surface area contributed by atoms with E-state index in [9.17, 15) is 5.11 Å². The zero-order chi connectivity index (χ0) is 15.5. The van der Waals surface area contributed by atoms with Crippen LogP contribution in [-0.4, -0.2) is 46.8 Å². The summed E-state index contributed by atoms with van der Waals surface area (Å²) in [4.78, 5) is 5.68. The molecule has 2 N–H and O–H groups in total. The Bertz CT molecular complexity index is 623. The van der Waals surface area contributed by atoms with E-state index in [1.54, 1.807) is 0 Å². The van der Waals surface area contributed by atoms with Crippen LogP contribution in [0.3, 0.4) is 0 Å². The highest BCUT2D eigenvalue weighted by Gasteiger charge is 2.21. The molecule has 0 spiro atoms. The predicted octanol–water partition coefficient (Wildman–Crippen LogP) is 3.09. The number of hydrogen-bond acceptors (Lipinski definition) is 3. The largest absolute Gasteiger partial charge is 0.490 e. The van der Waals surface area contributed by atoms with Crippen molar-refractivity contribution in [2.24, 2.45) is 0 Å². The van der Waals surface area contributed by atoms with Crippen molar-refractivity contribution in [3.05, 3.63) is 30.0 Å². The van der Waals surface area contributed by atoms with Gasteiger partial charge in [0.1, 0.15) is 18.5 Å². The molecule has 0 amide bonds. The monoisotopic (exact) mass is 302 g/mol. The zero-order valence-corrected chi connectivity index (χ0v) is 13.5. The Labute approximate surface area is 132 Å². The SMILES string of the molecule is Cc1cc2c(OCC(O)CN3CCCC[C@@H]3C)cccc2[nH]1. The number of piperidine rings is 1. The molecule has 1 aromatic carbocycles. The second kappa shape index (κ2) is 6.71. The Morgan fingerprint density at radius 1 is 1.41 bits per heavy atom. The van der Waals surface area contributed by atoms with Crippen LogP contribution in [0, 0.1) is 6.92 Å². The molecule has 2 heterocycles. The second-order valence-electron chi connectivity index (χ2n) is 6.47. The van der Waals surface area contributed by atoms with Crippen LogP contribution in [0.1, 0.15) is 31.9 Å². The molecule has 0 aliphatic carbocycles. The van der Waals surface area contributed by atoms with Crippen molar-refractivity contribution in [3.63, 3.8) is 0 Å².